The molecule has 0 radical (unpaired) electrons. The van der Waals surface area contributed by atoms with E-state index in [1.807, 2.05) is 24.1 Å². The molecule has 2 N–H and O–H groups in total. The van der Waals surface area contributed by atoms with Crippen LogP contribution in [0.3, 0.4) is 0 Å². The first-order valence-electron chi connectivity index (χ1n) is 7.17. The fourth-order valence-corrected chi connectivity index (χ4v) is 3.48. The predicted octanol–water partition coefficient (Wildman–Crippen LogP) is 3.09. The lowest BCUT2D eigenvalue weighted by Crippen LogP contribution is -2.49. The summed E-state index contributed by atoms with van der Waals surface area (Å²) >= 11 is 5.93. The van der Waals surface area contributed by atoms with E-state index >= 15 is 0 Å². The van der Waals surface area contributed by atoms with Crippen molar-refractivity contribution in [1.29, 1.82) is 0 Å². The minimum absolute atomic E-state index is 0.0569. The van der Waals surface area contributed by atoms with Gasteiger partial charge in [-0.1, -0.05) is 17.7 Å². The number of carbonyl (C=O) groups excluding carboxylic acids is 1. The first-order valence-corrected chi connectivity index (χ1v) is 7.55. The summed E-state index contributed by atoms with van der Waals surface area (Å²) in [7, 11) is 1.88. The second-order valence-corrected chi connectivity index (χ2v) is 6.25. The van der Waals surface area contributed by atoms with Crippen molar-refractivity contribution in [2.75, 3.05) is 12.4 Å². The first-order chi connectivity index (χ1) is 9.61. The monoisotopic (exact) mass is 293 g/mol. The average molecular weight is 294 g/mol. The predicted molar refractivity (Wildman–Crippen MR) is 81.2 cm³/mol. The quantitative estimate of drug-likeness (QED) is 0.880. The Morgan fingerprint density at radius 1 is 1.35 bits per heavy atom. The Morgan fingerprint density at radius 3 is 2.70 bits per heavy atom. The number of fused-ring (bicyclic) bond motifs is 2. The number of rotatable bonds is 2. The van der Waals surface area contributed by atoms with Crippen LogP contribution >= 0.6 is 11.6 Å². The molecule has 0 saturated carbocycles. The van der Waals surface area contributed by atoms with E-state index in [0.717, 1.165) is 18.5 Å². The van der Waals surface area contributed by atoms with Crippen LogP contribution < -0.4 is 10.6 Å². The Morgan fingerprint density at radius 2 is 2.05 bits per heavy atom. The topological polar surface area (TPSA) is 44.4 Å². The third-order valence-corrected chi connectivity index (χ3v) is 4.63. The van der Waals surface area contributed by atoms with E-state index in [2.05, 4.69) is 10.6 Å². The lowest BCUT2D eigenvalue weighted by Gasteiger charge is -2.35. The van der Waals surface area contributed by atoms with E-state index in [1.165, 1.54) is 12.8 Å². The van der Waals surface area contributed by atoms with Crippen LogP contribution in [0, 0.1) is 0 Å². The maximum atomic E-state index is 12.3. The van der Waals surface area contributed by atoms with E-state index in [-0.39, 0.29) is 6.03 Å². The molecule has 2 amide bonds. The Bertz CT molecular complexity index is 496. The Labute approximate surface area is 124 Å². The number of anilines is 1. The fourth-order valence-electron chi connectivity index (χ4n) is 3.29. The molecule has 2 heterocycles. The molecule has 1 aromatic rings. The molecule has 0 spiro atoms. The minimum Gasteiger partial charge on any atom is -0.324 e. The van der Waals surface area contributed by atoms with Gasteiger partial charge in [0.1, 0.15) is 0 Å². The summed E-state index contributed by atoms with van der Waals surface area (Å²) in [4.78, 5) is 14.1. The first kappa shape index (κ1) is 13.7. The van der Waals surface area contributed by atoms with Gasteiger partial charge in [0.2, 0.25) is 0 Å². The van der Waals surface area contributed by atoms with Gasteiger partial charge in [0.15, 0.2) is 0 Å². The van der Waals surface area contributed by atoms with Crippen molar-refractivity contribution in [3.63, 3.8) is 0 Å². The maximum Gasteiger partial charge on any atom is 0.321 e. The molecular formula is C15H20ClN3O. The van der Waals surface area contributed by atoms with Crippen molar-refractivity contribution in [2.45, 2.75) is 43.8 Å². The number of urea groups is 1. The molecule has 108 valence electrons. The largest absolute Gasteiger partial charge is 0.324 e. The zero-order chi connectivity index (χ0) is 14.1. The highest BCUT2D eigenvalue weighted by atomic mass is 35.5. The van der Waals surface area contributed by atoms with Crippen LogP contribution in [-0.2, 0) is 0 Å². The van der Waals surface area contributed by atoms with Crippen LogP contribution in [0.25, 0.3) is 0 Å². The van der Waals surface area contributed by atoms with Gasteiger partial charge in [-0.05, 0) is 43.9 Å². The van der Waals surface area contributed by atoms with Gasteiger partial charge in [-0.3, -0.25) is 0 Å². The van der Waals surface area contributed by atoms with Gasteiger partial charge >= 0.3 is 6.03 Å². The van der Waals surface area contributed by atoms with Crippen LogP contribution in [-0.4, -0.2) is 36.1 Å². The van der Waals surface area contributed by atoms with Gasteiger partial charge in [-0.15, -0.1) is 0 Å². The van der Waals surface area contributed by atoms with E-state index in [4.69, 9.17) is 11.6 Å². The highest BCUT2D eigenvalue weighted by Gasteiger charge is 2.36. The van der Waals surface area contributed by atoms with E-state index in [1.54, 1.807) is 12.1 Å². The lowest BCUT2D eigenvalue weighted by molar-refractivity contribution is 0.176. The number of carbonyl (C=O) groups is 1. The van der Waals surface area contributed by atoms with Gasteiger partial charge in [-0.2, -0.15) is 0 Å². The van der Waals surface area contributed by atoms with Crippen LogP contribution in [0.15, 0.2) is 24.3 Å². The third-order valence-electron chi connectivity index (χ3n) is 4.39. The molecule has 2 fully saturated rings. The van der Waals surface area contributed by atoms with Crippen LogP contribution in [0.2, 0.25) is 5.02 Å². The second-order valence-electron chi connectivity index (χ2n) is 5.81. The molecule has 0 aliphatic carbocycles. The molecule has 2 aliphatic rings. The van der Waals surface area contributed by atoms with Crippen molar-refractivity contribution in [2.24, 2.45) is 0 Å². The summed E-state index contributed by atoms with van der Waals surface area (Å²) < 4.78 is 0. The number of amides is 2. The van der Waals surface area contributed by atoms with Gasteiger partial charge in [0.05, 0.1) is 0 Å². The molecule has 2 unspecified atom stereocenters. The van der Waals surface area contributed by atoms with E-state index < -0.39 is 0 Å². The van der Waals surface area contributed by atoms with Crippen molar-refractivity contribution in [3.05, 3.63) is 29.3 Å². The number of piperidine rings is 1. The van der Waals surface area contributed by atoms with E-state index in [0.29, 0.717) is 23.1 Å². The molecule has 5 heteroatoms. The summed E-state index contributed by atoms with van der Waals surface area (Å²) in [6.07, 6.45) is 4.59. The molecule has 20 heavy (non-hydrogen) atoms. The zero-order valence-corrected chi connectivity index (χ0v) is 12.4. The summed E-state index contributed by atoms with van der Waals surface area (Å²) in [6, 6.07) is 8.68. The number of nitrogens with zero attached hydrogens (tertiary/aromatic N) is 1. The van der Waals surface area contributed by atoms with Crippen molar-refractivity contribution in [3.8, 4) is 0 Å². The number of benzene rings is 1. The smallest absolute Gasteiger partial charge is 0.321 e. The van der Waals surface area contributed by atoms with Crippen molar-refractivity contribution < 1.29 is 4.79 Å². The van der Waals surface area contributed by atoms with Crippen LogP contribution in [0.1, 0.15) is 25.7 Å². The van der Waals surface area contributed by atoms with Gasteiger partial charge in [0.25, 0.3) is 0 Å². The van der Waals surface area contributed by atoms with Crippen LogP contribution in [0.4, 0.5) is 10.5 Å². The highest BCUT2D eigenvalue weighted by Crippen LogP contribution is 2.29. The number of halogens is 1. The normalized spacial score (nSPS) is 28.2. The van der Waals surface area contributed by atoms with Gasteiger partial charge in [0, 0.05) is 35.9 Å². The molecule has 2 saturated heterocycles. The molecule has 2 bridgehead atoms. The Kier molecular flexibility index (Phi) is 3.85. The molecule has 0 aromatic heterocycles. The van der Waals surface area contributed by atoms with Crippen molar-refractivity contribution >= 4 is 23.3 Å². The molecule has 3 rings (SSSR count). The highest BCUT2D eigenvalue weighted by molar-refractivity contribution is 6.30. The maximum absolute atomic E-state index is 12.3. The molecule has 1 aromatic carbocycles. The Balaban J connectivity index is 1.62. The second kappa shape index (κ2) is 5.62. The molecular weight excluding hydrogens is 274 g/mol. The summed E-state index contributed by atoms with van der Waals surface area (Å²) in [5.74, 6) is 0. The van der Waals surface area contributed by atoms with E-state index in [9.17, 15) is 4.79 Å². The lowest BCUT2D eigenvalue weighted by atomic mass is 9.99. The van der Waals surface area contributed by atoms with Crippen LogP contribution in [0.5, 0.6) is 0 Å². The summed E-state index contributed by atoms with van der Waals surface area (Å²) in [5, 5.41) is 7.14. The summed E-state index contributed by atoms with van der Waals surface area (Å²) in [6.45, 7) is 0. The standard InChI is InChI=1S/C15H20ClN3O/c1-19(14-8-12-5-6-13(9-14)17-12)15(20)18-11-4-2-3-10(16)7-11/h2-4,7,12-14,17H,5-6,8-9H2,1H3,(H,18,20). The molecule has 2 atom stereocenters. The molecule has 4 nitrogen and oxygen atoms in total. The fraction of sp³-hybridized carbons (Fsp3) is 0.533. The number of hydrogen-bond donors (Lipinski definition) is 2. The number of hydrogen-bond acceptors (Lipinski definition) is 2. The SMILES string of the molecule is CN(C(=O)Nc1cccc(Cl)c1)C1CC2CCC(C1)N2. The third kappa shape index (κ3) is 2.91. The average Bonchev–Trinajstić information content (AvgIpc) is 2.76. The molecule has 2 aliphatic heterocycles. The summed E-state index contributed by atoms with van der Waals surface area (Å²) in [5.41, 5.74) is 0.742. The zero-order valence-electron chi connectivity index (χ0n) is 11.6. The Hall–Kier alpha value is -1.26. The minimum atomic E-state index is -0.0569. The number of nitrogens with one attached hydrogen (secondary N) is 2. The van der Waals surface area contributed by atoms with Crippen molar-refractivity contribution in [1.82, 2.24) is 10.2 Å². The van der Waals surface area contributed by atoms with Gasteiger partial charge < -0.3 is 15.5 Å². The van der Waals surface area contributed by atoms with Gasteiger partial charge in [-0.25, -0.2) is 4.79 Å².